The zero-order chi connectivity index (χ0) is 13.1. The molecule has 0 saturated carbocycles. The molecule has 1 atom stereocenters. The number of hydrogen-bond donors (Lipinski definition) is 3. The summed E-state index contributed by atoms with van der Waals surface area (Å²) in [5.74, 6) is 6.23. The summed E-state index contributed by atoms with van der Waals surface area (Å²) in [5, 5.41) is 11.7. The van der Waals surface area contributed by atoms with Gasteiger partial charge < -0.3 is 0 Å². The fourth-order valence-corrected chi connectivity index (χ4v) is 2.09. The first-order valence-electron chi connectivity index (χ1n) is 5.70. The van der Waals surface area contributed by atoms with E-state index >= 15 is 0 Å². The monoisotopic (exact) mass is 269 g/mol. The average molecular weight is 270 g/mol. The van der Waals surface area contributed by atoms with Crippen LogP contribution in [0.15, 0.2) is 6.33 Å². The quantitative estimate of drug-likeness (QED) is 0.549. The number of aromatic amines is 1. The number of halogens is 1. The van der Waals surface area contributed by atoms with Crippen LogP contribution in [-0.4, -0.2) is 25.0 Å². The maximum atomic E-state index is 6.26. The fraction of sp³-hybridized carbons (Fsp3) is 0.500. The van der Waals surface area contributed by atoms with Crippen molar-refractivity contribution >= 4 is 11.6 Å². The van der Waals surface area contributed by atoms with E-state index in [2.05, 4.69) is 25.7 Å². The lowest BCUT2D eigenvalue weighted by Gasteiger charge is -2.14. The third-order valence-corrected chi connectivity index (χ3v) is 3.31. The van der Waals surface area contributed by atoms with Gasteiger partial charge >= 0.3 is 0 Å². The highest BCUT2D eigenvalue weighted by atomic mass is 35.5. The van der Waals surface area contributed by atoms with Gasteiger partial charge in [-0.1, -0.05) is 11.6 Å². The molecule has 0 aromatic carbocycles. The number of hydrazine groups is 1. The molecule has 0 radical (unpaired) electrons. The Morgan fingerprint density at radius 1 is 1.61 bits per heavy atom. The highest BCUT2D eigenvalue weighted by molar-refractivity contribution is 6.31. The van der Waals surface area contributed by atoms with Crippen LogP contribution in [0, 0.1) is 6.92 Å². The zero-order valence-electron chi connectivity index (χ0n) is 10.3. The van der Waals surface area contributed by atoms with Gasteiger partial charge in [-0.3, -0.25) is 15.6 Å². The van der Waals surface area contributed by atoms with E-state index in [0.717, 1.165) is 17.9 Å². The van der Waals surface area contributed by atoms with Crippen molar-refractivity contribution < 1.29 is 0 Å². The predicted molar refractivity (Wildman–Crippen MR) is 67.8 cm³/mol. The molecule has 4 N–H and O–H groups in total. The first-order valence-corrected chi connectivity index (χ1v) is 6.08. The number of nitrogens with two attached hydrogens (primary N) is 1. The first-order chi connectivity index (χ1) is 8.67. The molecular weight excluding hydrogens is 254 g/mol. The van der Waals surface area contributed by atoms with Gasteiger partial charge in [-0.05, 0) is 13.8 Å². The van der Waals surface area contributed by atoms with Crippen molar-refractivity contribution in [3.8, 4) is 0 Å². The van der Waals surface area contributed by atoms with Gasteiger partial charge in [-0.2, -0.15) is 10.2 Å². The molecule has 8 heteroatoms. The van der Waals surface area contributed by atoms with Crippen LogP contribution in [0.1, 0.15) is 30.2 Å². The Bertz CT molecular complexity index is 505. The summed E-state index contributed by atoms with van der Waals surface area (Å²) >= 11 is 6.26. The topological polar surface area (TPSA) is 97.4 Å². The first kappa shape index (κ1) is 13.0. The molecule has 0 aliphatic carbocycles. The molecule has 2 aromatic heterocycles. The van der Waals surface area contributed by atoms with E-state index in [1.165, 1.54) is 6.33 Å². The van der Waals surface area contributed by atoms with Crippen LogP contribution in [0.25, 0.3) is 0 Å². The molecule has 0 spiro atoms. The summed E-state index contributed by atoms with van der Waals surface area (Å²) in [4.78, 5) is 4.09. The van der Waals surface area contributed by atoms with Gasteiger partial charge in [0.05, 0.1) is 22.5 Å². The Kier molecular flexibility index (Phi) is 3.95. The lowest BCUT2D eigenvalue weighted by molar-refractivity contribution is 0.497. The number of rotatable bonds is 5. The van der Waals surface area contributed by atoms with Crippen LogP contribution in [0.2, 0.25) is 5.02 Å². The summed E-state index contributed by atoms with van der Waals surface area (Å²) in [5.41, 5.74) is 4.47. The van der Waals surface area contributed by atoms with Gasteiger partial charge in [-0.15, -0.1) is 0 Å². The minimum atomic E-state index is -0.175. The van der Waals surface area contributed by atoms with Crippen LogP contribution < -0.4 is 11.3 Å². The van der Waals surface area contributed by atoms with Gasteiger partial charge in [0, 0.05) is 13.0 Å². The molecule has 18 heavy (non-hydrogen) atoms. The lowest BCUT2D eigenvalue weighted by Crippen LogP contribution is -2.31. The van der Waals surface area contributed by atoms with Crippen molar-refractivity contribution in [3.63, 3.8) is 0 Å². The van der Waals surface area contributed by atoms with Gasteiger partial charge in [0.2, 0.25) is 0 Å². The van der Waals surface area contributed by atoms with E-state index in [9.17, 15) is 0 Å². The molecule has 2 rings (SSSR count). The molecule has 98 valence electrons. The Hall–Kier alpha value is -1.44. The molecule has 0 amide bonds. The Labute approximate surface area is 110 Å². The third-order valence-electron chi connectivity index (χ3n) is 2.82. The number of hydrogen-bond acceptors (Lipinski definition) is 5. The Morgan fingerprint density at radius 2 is 2.39 bits per heavy atom. The highest BCUT2D eigenvalue weighted by Gasteiger charge is 2.20. The molecule has 2 heterocycles. The lowest BCUT2D eigenvalue weighted by atomic mass is 10.1. The normalized spacial score (nSPS) is 12.9. The zero-order valence-corrected chi connectivity index (χ0v) is 11.1. The van der Waals surface area contributed by atoms with Gasteiger partial charge in [0.1, 0.15) is 12.2 Å². The molecule has 2 aromatic rings. The highest BCUT2D eigenvalue weighted by Crippen LogP contribution is 2.24. The standard InChI is InChI=1S/C10H16ClN7/c1-3-18-8(9(11)6(2)17-18)4-7(15-12)10-13-5-14-16-10/h5,7,15H,3-4,12H2,1-2H3,(H,13,14,16). The van der Waals surface area contributed by atoms with E-state index in [4.69, 9.17) is 17.4 Å². The maximum absolute atomic E-state index is 6.26. The largest absolute Gasteiger partial charge is 0.271 e. The number of H-pyrrole nitrogens is 1. The van der Waals surface area contributed by atoms with Crippen molar-refractivity contribution in [2.45, 2.75) is 32.9 Å². The summed E-state index contributed by atoms with van der Waals surface area (Å²) in [6.45, 7) is 4.67. The molecular formula is C10H16ClN7. The minimum Gasteiger partial charge on any atom is -0.271 e. The number of nitrogens with one attached hydrogen (secondary N) is 2. The molecule has 0 saturated heterocycles. The van der Waals surface area contributed by atoms with Gasteiger partial charge in [0.15, 0.2) is 0 Å². The smallest absolute Gasteiger partial charge is 0.143 e. The number of aryl methyl sites for hydroxylation is 2. The van der Waals surface area contributed by atoms with Crippen LogP contribution in [0.3, 0.4) is 0 Å². The van der Waals surface area contributed by atoms with Crippen LogP contribution in [0.5, 0.6) is 0 Å². The van der Waals surface area contributed by atoms with E-state index in [-0.39, 0.29) is 6.04 Å². The second kappa shape index (κ2) is 5.47. The predicted octanol–water partition coefficient (Wildman–Crippen LogP) is 0.730. The van der Waals surface area contributed by atoms with Crippen LogP contribution in [0.4, 0.5) is 0 Å². The van der Waals surface area contributed by atoms with Crippen LogP contribution >= 0.6 is 11.6 Å². The summed E-state index contributed by atoms with van der Waals surface area (Å²) < 4.78 is 1.87. The molecule has 0 aliphatic rings. The third kappa shape index (κ3) is 2.38. The van der Waals surface area contributed by atoms with Gasteiger partial charge in [0.25, 0.3) is 0 Å². The SMILES string of the molecule is CCn1nc(C)c(Cl)c1CC(NN)c1ncn[nH]1. The van der Waals surface area contributed by atoms with Crippen molar-refractivity contribution in [2.24, 2.45) is 5.84 Å². The van der Waals surface area contributed by atoms with Gasteiger partial charge in [-0.25, -0.2) is 10.4 Å². The van der Waals surface area contributed by atoms with Crippen molar-refractivity contribution in [1.82, 2.24) is 30.4 Å². The molecule has 1 unspecified atom stereocenters. The average Bonchev–Trinajstić information content (AvgIpc) is 2.98. The van der Waals surface area contributed by atoms with Crippen molar-refractivity contribution in [2.75, 3.05) is 0 Å². The summed E-state index contributed by atoms with van der Waals surface area (Å²) in [6.07, 6.45) is 2.04. The van der Waals surface area contributed by atoms with E-state index in [1.54, 1.807) is 0 Å². The number of nitrogens with zero attached hydrogens (tertiary/aromatic N) is 4. The Balaban J connectivity index is 2.27. The van der Waals surface area contributed by atoms with E-state index in [1.807, 2.05) is 18.5 Å². The molecule has 7 nitrogen and oxygen atoms in total. The molecule has 0 fully saturated rings. The fourth-order valence-electron chi connectivity index (χ4n) is 1.87. The second-order valence-corrected chi connectivity index (χ2v) is 4.33. The van der Waals surface area contributed by atoms with Crippen molar-refractivity contribution in [3.05, 3.63) is 28.6 Å². The molecule has 0 aliphatic heterocycles. The van der Waals surface area contributed by atoms with Crippen LogP contribution in [-0.2, 0) is 13.0 Å². The Morgan fingerprint density at radius 3 is 2.94 bits per heavy atom. The van der Waals surface area contributed by atoms with E-state index < -0.39 is 0 Å². The number of aromatic nitrogens is 5. The van der Waals surface area contributed by atoms with E-state index in [0.29, 0.717) is 17.3 Å². The minimum absolute atomic E-state index is 0.175. The summed E-state index contributed by atoms with van der Waals surface area (Å²) in [7, 11) is 0. The van der Waals surface area contributed by atoms with Crippen molar-refractivity contribution in [1.29, 1.82) is 0 Å². The maximum Gasteiger partial charge on any atom is 0.143 e. The summed E-state index contributed by atoms with van der Waals surface area (Å²) in [6, 6.07) is -0.175. The molecule has 0 bridgehead atoms. The second-order valence-electron chi connectivity index (χ2n) is 3.96.